The maximum Gasteiger partial charge on any atom is 0.271 e. The van der Waals surface area contributed by atoms with Crippen molar-refractivity contribution in [3.63, 3.8) is 0 Å². The summed E-state index contributed by atoms with van der Waals surface area (Å²) in [4.78, 5) is 43.7. The average molecular weight is 604 g/mol. The Kier molecular flexibility index (Phi) is 10.4. The van der Waals surface area contributed by atoms with Crippen molar-refractivity contribution in [3.8, 4) is 0 Å². The molecular formula is C33H49N9O2. The average Bonchev–Trinajstić information content (AvgIpc) is 3.04. The number of piperazine rings is 1. The molecule has 2 aromatic rings. The van der Waals surface area contributed by atoms with E-state index in [-0.39, 0.29) is 17.6 Å². The first-order valence-electron chi connectivity index (χ1n) is 16.2. The van der Waals surface area contributed by atoms with Gasteiger partial charge in [-0.3, -0.25) is 14.5 Å². The SMILES string of the molecule is C=CC(=O)N1CCCC[C@@H]1CNc1nc(Nc2ccc(N3CCC(N4CCN(C)CC4)CC3)c(C)c2)c(C(N)=O)nc1CC. The van der Waals surface area contributed by atoms with Crippen molar-refractivity contribution in [1.82, 2.24) is 24.7 Å². The molecule has 44 heavy (non-hydrogen) atoms. The molecule has 1 atom stereocenters. The van der Waals surface area contributed by atoms with Gasteiger partial charge >= 0.3 is 0 Å². The fourth-order valence-electron chi connectivity index (χ4n) is 6.84. The predicted molar refractivity (Wildman–Crippen MR) is 177 cm³/mol. The van der Waals surface area contributed by atoms with E-state index >= 15 is 0 Å². The van der Waals surface area contributed by atoms with Gasteiger partial charge in [-0.05, 0) is 82.3 Å². The molecule has 4 heterocycles. The van der Waals surface area contributed by atoms with Gasteiger partial charge < -0.3 is 31.1 Å². The molecule has 1 aromatic heterocycles. The summed E-state index contributed by atoms with van der Waals surface area (Å²) < 4.78 is 0. The molecular weight excluding hydrogens is 554 g/mol. The van der Waals surface area contributed by atoms with Gasteiger partial charge in [0.05, 0.1) is 5.69 Å². The number of anilines is 4. The number of rotatable bonds is 10. The molecule has 238 valence electrons. The first-order valence-corrected chi connectivity index (χ1v) is 16.2. The first-order chi connectivity index (χ1) is 21.3. The minimum Gasteiger partial charge on any atom is -0.371 e. The number of primary amides is 1. The molecule has 0 unspecified atom stereocenters. The second kappa shape index (κ2) is 14.4. The molecule has 1 aromatic carbocycles. The van der Waals surface area contributed by atoms with Gasteiger partial charge in [0.25, 0.3) is 5.91 Å². The Morgan fingerprint density at radius 1 is 1.02 bits per heavy atom. The monoisotopic (exact) mass is 603 g/mol. The topological polar surface area (TPSA) is 123 Å². The molecule has 0 saturated carbocycles. The molecule has 11 heteroatoms. The molecule has 3 saturated heterocycles. The summed E-state index contributed by atoms with van der Waals surface area (Å²) >= 11 is 0. The summed E-state index contributed by atoms with van der Waals surface area (Å²) in [6.45, 7) is 15.8. The Labute approximate surface area is 261 Å². The summed E-state index contributed by atoms with van der Waals surface area (Å²) in [6, 6.07) is 6.98. The summed E-state index contributed by atoms with van der Waals surface area (Å²) in [5.74, 6) is 0.226. The Morgan fingerprint density at radius 2 is 1.77 bits per heavy atom. The van der Waals surface area contributed by atoms with Gasteiger partial charge in [0.2, 0.25) is 5.91 Å². The van der Waals surface area contributed by atoms with Crippen LogP contribution in [0.15, 0.2) is 30.9 Å². The smallest absolute Gasteiger partial charge is 0.271 e. The zero-order chi connectivity index (χ0) is 31.2. The van der Waals surface area contributed by atoms with Crippen LogP contribution in [0.2, 0.25) is 0 Å². The van der Waals surface area contributed by atoms with Crippen molar-refractivity contribution in [2.75, 3.05) is 74.9 Å². The van der Waals surface area contributed by atoms with Crippen LogP contribution in [-0.2, 0) is 11.2 Å². The van der Waals surface area contributed by atoms with Gasteiger partial charge in [0, 0.05) is 75.8 Å². The molecule has 5 rings (SSSR count). The summed E-state index contributed by atoms with van der Waals surface area (Å²) in [6.07, 6.45) is 7.28. The number of likely N-dealkylation sites (N-methyl/N-ethyl adjacent to an activating group) is 1. The maximum atomic E-state index is 12.4. The minimum absolute atomic E-state index is 0.0369. The molecule has 3 aliphatic heterocycles. The van der Waals surface area contributed by atoms with Gasteiger partial charge in [0.15, 0.2) is 11.5 Å². The highest BCUT2D eigenvalue weighted by Gasteiger charge is 2.28. The van der Waals surface area contributed by atoms with Crippen molar-refractivity contribution in [2.24, 2.45) is 5.73 Å². The number of amides is 2. The van der Waals surface area contributed by atoms with E-state index in [2.05, 4.69) is 63.0 Å². The number of hydrogen-bond donors (Lipinski definition) is 3. The van der Waals surface area contributed by atoms with E-state index in [0.29, 0.717) is 36.3 Å². The van der Waals surface area contributed by atoms with Crippen molar-refractivity contribution >= 4 is 34.8 Å². The third-order valence-corrected chi connectivity index (χ3v) is 9.45. The number of aromatic nitrogens is 2. The Hall–Kier alpha value is -3.70. The van der Waals surface area contributed by atoms with E-state index < -0.39 is 5.91 Å². The number of carbonyl (C=O) groups excluding carboxylic acids is 2. The second-order valence-corrected chi connectivity index (χ2v) is 12.4. The molecule has 0 bridgehead atoms. The summed E-state index contributed by atoms with van der Waals surface area (Å²) in [5.41, 5.74) is 9.75. The lowest BCUT2D eigenvalue weighted by atomic mass is 10.0. The lowest BCUT2D eigenvalue weighted by molar-refractivity contribution is -0.129. The number of nitrogens with zero attached hydrogens (tertiary/aromatic N) is 6. The largest absolute Gasteiger partial charge is 0.371 e. The zero-order valence-electron chi connectivity index (χ0n) is 26.6. The highest BCUT2D eigenvalue weighted by molar-refractivity contribution is 5.96. The van der Waals surface area contributed by atoms with Crippen molar-refractivity contribution in [3.05, 3.63) is 47.8 Å². The summed E-state index contributed by atoms with van der Waals surface area (Å²) in [5, 5.41) is 6.74. The van der Waals surface area contributed by atoms with Crippen LogP contribution in [0.3, 0.4) is 0 Å². The Morgan fingerprint density at radius 3 is 2.43 bits per heavy atom. The van der Waals surface area contributed by atoms with E-state index in [9.17, 15) is 9.59 Å². The van der Waals surface area contributed by atoms with Crippen LogP contribution in [0, 0.1) is 6.92 Å². The van der Waals surface area contributed by atoms with Gasteiger partial charge in [-0.2, -0.15) is 0 Å². The van der Waals surface area contributed by atoms with Crippen molar-refractivity contribution in [2.45, 2.75) is 64.5 Å². The van der Waals surface area contributed by atoms with Crippen LogP contribution in [0.1, 0.15) is 60.8 Å². The van der Waals surface area contributed by atoms with Crippen LogP contribution < -0.4 is 21.3 Å². The van der Waals surface area contributed by atoms with Crippen molar-refractivity contribution in [1.29, 1.82) is 0 Å². The lowest BCUT2D eigenvalue weighted by Crippen LogP contribution is -2.52. The molecule has 11 nitrogen and oxygen atoms in total. The zero-order valence-corrected chi connectivity index (χ0v) is 26.6. The number of nitrogens with two attached hydrogens (primary N) is 1. The Balaban J connectivity index is 1.28. The Bertz CT molecular complexity index is 1330. The number of nitrogens with one attached hydrogen (secondary N) is 2. The highest BCUT2D eigenvalue weighted by atomic mass is 16.2. The predicted octanol–water partition coefficient (Wildman–Crippen LogP) is 3.39. The highest BCUT2D eigenvalue weighted by Crippen LogP contribution is 2.30. The number of hydrogen-bond acceptors (Lipinski definition) is 9. The number of piperidine rings is 2. The normalized spacial score (nSPS) is 20.4. The first kappa shape index (κ1) is 31.7. The molecule has 0 radical (unpaired) electrons. The fraction of sp³-hybridized carbons (Fsp3) is 0.576. The lowest BCUT2D eigenvalue weighted by Gasteiger charge is -2.43. The van der Waals surface area contributed by atoms with Crippen LogP contribution in [0.25, 0.3) is 0 Å². The van der Waals surface area contributed by atoms with Crippen LogP contribution >= 0.6 is 0 Å². The minimum atomic E-state index is -0.632. The van der Waals surface area contributed by atoms with Gasteiger partial charge in [-0.25, -0.2) is 9.97 Å². The third-order valence-electron chi connectivity index (χ3n) is 9.45. The number of carbonyl (C=O) groups is 2. The van der Waals surface area contributed by atoms with E-state index in [4.69, 9.17) is 10.7 Å². The molecule has 4 N–H and O–H groups in total. The van der Waals surface area contributed by atoms with Gasteiger partial charge in [0.1, 0.15) is 5.82 Å². The van der Waals surface area contributed by atoms with Gasteiger partial charge in [-0.1, -0.05) is 13.5 Å². The van der Waals surface area contributed by atoms with E-state index in [1.54, 1.807) is 0 Å². The van der Waals surface area contributed by atoms with Gasteiger partial charge in [-0.15, -0.1) is 0 Å². The molecule has 0 aliphatic carbocycles. The molecule has 3 aliphatic rings. The van der Waals surface area contributed by atoms with Crippen LogP contribution in [0.5, 0.6) is 0 Å². The van der Waals surface area contributed by atoms with Crippen molar-refractivity contribution < 1.29 is 9.59 Å². The van der Waals surface area contributed by atoms with E-state index in [1.807, 2.05) is 17.9 Å². The number of benzene rings is 1. The number of aryl methyl sites for hydroxylation is 2. The third kappa shape index (κ3) is 7.32. The number of likely N-dealkylation sites (tertiary alicyclic amines) is 1. The van der Waals surface area contributed by atoms with Crippen LogP contribution in [0.4, 0.5) is 23.0 Å². The molecule has 0 spiro atoms. The maximum absolute atomic E-state index is 12.4. The molecule has 2 amide bonds. The van der Waals surface area contributed by atoms with E-state index in [0.717, 1.165) is 63.2 Å². The quantitative estimate of drug-likeness (QED) is 0.351. The van der Waals surface area contributed by atoms with E-state index in [1.165, 1.54) is 37.7 Å². The summed E-state index contributed by atoms with van der Waals surface area (Å²) in [7, 11) is 2.21. The standard InChI is InChI=1S/C33H49N9O2/c1-5-27-32(35-22-26-9-7-8-14-42(26)29(43)6-2)38-33(30(37-27)31(34)44)36-24-10-11-28(23(3)21-24)41-15-12-25(13-16-41)40-19-17-39(4)18-20-40/h6,10-11,21,25-26H,2,5,7-9,12-20,22H2,1,3-4H3,(H2,34,44)(H2,35,36,38)/t26-/m1/s1. The molecule has 3 fully saturated rings. The van der Waals surface area contributed by atoms with Crippen LogP contribution in [-0.4, -0.2) is 108 Å². The fourth-order valence-corrected chi connectivity index (χ4v) is 6.84. The second-order valence-electron chi connectivity index (χ2n) is 12.4.